The molecule has 1 unspecified atom stereocenters. The topological polar surface area (TPSA) is 64.6 Å². The molecule has 0 N–H and O–H groups in total. The Balaban J connectivity index is 1.44. The molecular weight excluding hydrogens is 398 g/mol. The third kappa shape index (κ3) is 3.71. The maximum atomic E-state index is 13.6. The maximum absolute atomic E-state index is 13.6. The van der Waals surface area contributed by atoms with E-state index in [0.717, 1.165) is 21.7 Å². The third-order valence-electron chi connectivity index (χ3n) is 4.97. The second-order valence-corrected chi connectivity index (χ2v) is 7.96. The highest BCUT2D eigenvalue weighted by atomic mass is 32.1. The number of amides is 1. The maximum Gasteiger partial charge on any atom is 0.255 e. The summed E-state index contributed by atoms with van der Waals surface area (Å²) in [4.78, 5) is 24.1. The molecule has 5 rings (SSSR count). The number of rotatable bonds is 5. The van der Waals surface area contributed by atoms with E-state index in [9.17, 15) is 4.79 Å². The molecule has 2 aromatic carbocycles. The van der Waals surface area contributed by atoms with Crippen molar-refractivity contribution in [3.05, 3.63) is 82.9 Å². The van der Waals surface area contributed by atoms with Crippen molar-refractivity contribution in [3.63, 3.8) is 0 Å². The number of pyridine rings is 1. The Hall–Kier alpha value is -3.45. The first kappa shape index (κ1) is 18.6. The van der Waals surface area contributed by atoms with Gasteiger partial charge in [0.1, 0.15) is 11.6 Å². The summed E-state index contributed by atoms with van der Waals surface area (Å²) in [5.74, 6) is 1.35. The number of fused-ring (bicyclic) bond motifs is 2. The summed E-state index contributed by atoms with van der Waals surface area (Å²) < 4.78 is 11.9. The lowest BCUT2D eigenvalue weighted by Crippen LogP contribution is -2.43. The van der Waals surface area contributed by atoms with Crippen LogP contribution in [-0.2, 0) is 6.54 Å². The molecule has 0 fully saturated rings. The Bertz CT molecular complexity index is 1170. The second-order valence-electron chi connectivity index (χ2n) is 6.98. The first-order valence-corrected chi connectivity index (χ1v) is 10.6. The molecule has 0 saturated carbocycles. The van der Waals surface area contributed by atoms with Gasteiger partial charge in [0.25, 0.3) is 5.91 Å². The number of carbonyl (C=O) groups is 1. The fourth-order valence-electron chi connectivity index (χ4n) is 3.57. The third-order valence-corrected chi connectivity index (χ3v) is 5.73. The zero-order valence-electron chi connectivity index (χ0n) is 16.1. The molecule has 0 spiro atoms. The average molecular weight is 417 g/mol. The summed E-state index contributed by atoms with van der Waals surface area (Å²) in [6.07, 6.45) is 3.16. The van der Waals surface area contributed by atoms with Crippen LogP contribution in [0.3, 0.4) is 0 Å². The van der Waals surface area contributed by atoms with Crippen LogP contribution in [0.5, 0.6) is 11.5 Å². The van der Waals surface area contributed by atoms with Crippen LogP contribution in [0.25, 0.3) is 10.9 Å². The monoisotopic (exact) mass is 417 g/mol. The lowest BCUT2D eigenvalue weighted by Gasteiger charge is -2.31. The largest absolute Gasteiger partial charge is 0.486 e. The predicted octanol–water partition coefficient (Wildman–Crippen LogP) is 4.17. The molecule has 6 nitrogen and oxygen atoms in total. The van der Waals surface area contributed by atoms with E-state index >= 15 is 0 Å². The van der Waals surface area contributed by atoms with Gasteiger partial charge in [0.15, 0.2) is 17.6 Å². The van der Waals surface area contributed by atoms with E-state index in [1.54, 1.807) is 23.4 Å². The van der Waals surface area contributed by atoms with Crippen molar-refractivity contribution in [1.29, 1.82) is 0 Å². The normalized spacial score (nSPS) is 15.1. The minimum Gasteiger partial charge on any atom is -0.486 e. The molecule has 0 bridgehead atoms. The number of benzene rings is 2. The molecule has 1 aliphatic rings. The second kappa shape index (κ2) is 8.12. The van der Waals surface area contributed by atoms with E-state index in [1.165, 1.54) is 11.3 Å². The molecule has 1 aliphatic heterocycles. The first-order chi connectivity index (χ1) is 14.8. The van der Waals surface area contributed by atoms with Gasteiger partial charge >= 0.3 is 0 Å². The highest BCUT2D eigenvalue weighted by molar-refractivity contribution is 7.09. The molecule has 7 heteroatoms. The van der Waals surface area contributed by atoms with Crippen LogP contribution in [-0.4, -0.2) is 40.0 Å². The first-order valence-electron chi connectivity index (χ1n) is 9.68. The van der Waals surface area contributed by atoms with Crippen molar-refractivity contribution >= 4 is 28.1 Å². The average Bonchev–Trinajstić information content (AvgIpc) is 3.31. The Labute approximate surface area is 177 Å². The Morgan fingerprint density at radius 1 is 1.03 bits per heavy atom. The molecule has 3 heterocycles. The number of aromatic nitrogens is 2. The lowest BCUT2D eigenvalue weighted by molar-refractivity contribution is 0.0445. The molecule has 0 saturated heterocycles. The number of hydrogen-bond acceptors (Lipinski definition) is 6. The highest BCUT2D eigenvalue weighted by Crippen LogP contribution is 2.31. The van der Waals surface area contributed by atoms with E-state index in [1.807, 2.05) is 53.9 Å². The zero-order valence-corrected chi connectivity index (χ0v) is 16.9. The standard InChI is InChI=1S/C23H19N3O3S/c27-23(18-9-10-24-19-6-2-1-5-17(18)19)26(14-22-25-11-12-30-22)13-16-15-28-20-7-3-4-8-21(20)29-16/h1-12,16H,13-15H2. The Kier molecular flexibility index (Phi) is 5.03. The molecule has 1 amide bonds. The van der Waals surface area contributed by atoms with Gasteiger partial charge in [-0.05, 0) is 24.3 Å². The minimum absolute atomic E-state index is 0.0775. The van der Waals surface area contributed by atoms with E-state index in [0.29, 0.717) is 31.0 Å². The van der Waals surface area contributed by atoms with Gasteiger partial charge in [0.05, 0.1) is 24.2 Å². The van der Waals surface area contributed by atoms with Gasteiger partial charge in [-0.2, -0.15) is 0 Å². The van der Waals surface area contributed by atoms with Crippen LogP contribution in [0.2, 0.25) is 0 Å². The van der Waals surface area contributed by atoms with Gasteiger partial charge in [-0.15, -0.1) is 11.3 Å². The van der Waals surface area contributed by atoms with Crippen molar-refractivity contribution in [2.24, 2.45) is 0 Å². The zero-order chi connectivity index (χ0) is 20.3. The van der Waals surface area contributed by atoms with Gasteiger partial charge in [0, 0.05) is 23.2 Å². The van der Waals surface area contributed by atoms with Crippen LogP contribution in [0, 0.1) is 0 Å². The number of thiazole rings is 1. The van der Waals surface area contributed by atoms with Crippen LogP contribution in [0.1, 0.15) is 15.4 Å². The van der Waals surface area contributed by atoms with Crippen LogP contribution in [0.15, 0.2) is 72.4 Å². The van der Waals surface area contributed by atoms with E-state index in [2.05, 4.69) is 9.97 Å². The van der Waals surface area contributed by atoms with Crippen molar-refractivity contribution in [2.75, 3.05) is 13.2 Å². The summed E-state index contributed by atoms with van der Waals surface area (Å²) in [5.41, 5.74) is 1.41. The molecule has 2 aromatic heterocycles. The molecule has 30 heavy (non-hydrogen) atoms. The molecule has 0 radical (unpaired) electrons. The lowest BCUT2D eigenvalue weighted by atomic mass is 10.1. The molecule has 1 atom stereocenters. The molecule has 0 aliphatic carbocycles. The molecular formula is C23H19N3O3S. The summed E-state index contributed by atoms with van der Waals surface area (Å²) in [5, 5.41) is 3.62. The molecule has 150 valence electrons. The van der Waals surface area contributed by atoms with E-state index in [-0.39, 0.29) is 12.0 Å². The van der Waals surface area contributed by atoms with Crippen molar-refractivity contribution < 1.29 is 14.3 Å². The summed E-state index contributed by atoms with van der Waals surface area (Å²) in [6.45, 7) is 1.19. The summed E-state index contributed by atoms with van der Waals surface area (Å²) in [7, 11) is 0. The predicted molar refractivity (Wildman–Crippen MR) is 115 cm³/mol. The highest BCUT2D eigenvalue weighted by Gasteiger charge is 2.27. The smallest absolute Gasteiger partial charge is 0.255 e. The van der Waals surface area contributed by atoms with Crippen LogP contribution < -0.4 is 9.47 Å². The van der Waals surface area contributed by atoms with Gasteiger partial charge in [-0.3, -0.25) is 9.78 Å². The molecule has 4 aromatic rings. The number of para-hydroxylation sites is 3. The van der Waals surface area contributed by atoms with Gasteiger partial charge in [-0.1, -0.05) is 30.3 Å². The number of ether oxygens (including phenoxy) is 2. The van der Waals surface area contributed by atoms with E-state index in [4.69, 9.17) is 9.47 Å². The minimum atomic E-state index is -0.267. The van der Waals surface area contributed by atoms with Gasteiger partial charge in [0.2, 0.25) is 0 Å². The Morgan fingerprint density at radius 3 is 2.73 bits per heavy atom. The SMILES string of the molecule is O=C(c1ccnc2ccccc12)N(Cc1nccs1)CC1COc2ccccc2O1. The fraction of sp³-hybridized carbons (Fsp3) is 0.174. The Morgan fingerprint density at radius 2 is 1.87 bits per heavy atom. The number of carbonyl (C=O) groups excluding carboxylic acids is 1. The quantitative estimate of drug-likeness (QED) is 0.488. The number of nitrogens with zero attached hydrogens (tertiary/aromatic N) is 3. The van der Waals surface area contributed by atoms with E-state index < -0.39 is 0 Å². The van der Waals surface area contributed by atoms with Gasteiger partial charge < -0.3 is 14.4 Å². The number of hydrogen-bond donors (Lipinski definition) is 0. The van der Waals surface area contributed by atoms with Crippen molar-refractivity contribution in [3.8, 4) is 11.5 Å². The summed E-state index contributed by atoms with van der Waals surface area (Å²) >= 11 is 1.53. The van der Waals surface area contributed by atoms with Crippen LogP contribution >= 0.6 is 11.3 Å². The summed E-state index contributed by atoms with van der Waals surface area (Å²) in [6, 6.07) is 17.0. The van der Waals surface area contributed by atoms with Crippen LogP contribution in [0.4, 0.5) is 0 Å². The van der Waals surface area contributed by atoms with Gasteiger partial charge in [-0.25, -0.2) is 4.98 Å². The fourth-order valence-corrected chi connectivity index (χ4v) is 4.20. The van der Waals surface area contributed by atoms with Crippen molar-refractivity contribution in [2.45, 2.75) is 12.6 Å². The van der Waals surface area contributed by atoms with Crippen molar-refractivity contribution in [1.82, 2.24) is 14.9 Å².